The normalized spacial score (nSPS) is 11.7. The summed E-state index contributed by atoms with van der Waals surface area (Å²) in [6.45, 7) is 0. The first-order chi connectivity index (χ1) is 32.2. The molecule has 0 fully saturated rings. The van der Waals surface area contributed by atoms with E-state index in [0.29, 0.717) is 0 Å². The topological polar surface area (TPSA) is 29.5 Å². The van der Waals surface area contributed by atoms with E-state index in [1.165, 1.54) is 27.1 Å². The lowest BCUT2D eigenvalue weighted by molar-refractivity contribution is 0.668. The van der Waals surface area contributed by atoms with Crippen LogP contribution in [0.1, 0.15) is 0 Å². The van der Waals surface area contributed by atoms with Crippen LogP contribution in [0.2, 0.25) is 0 Å². The summed E-state index contributed by atoms with van der Waals surface area (Å²) in [7, 11) is 0. The molecule has 0 aliphatic carbocycles. The lowest BCUT2D eigenvalue weighted by Gasteiger charge is -2.27. The van der Waals surface area contributed by atoms with E-state index in [4.69, 9.17) is 8.83 Å². The first-order valence-electron chi connectivity index (χ1n) is 22.1. The third-order valence-corrected chi connectivity index (χ3v) is 13.1. The number of rotatable bonds is 7. The van der Waals surface area contributed by atoms with Crippen molar-refractivity contribution in [2.24, 2.45) is 0 Å². The standard InChI is InChI=1S/C62H39NO2/c1-4-13-40(14-5-1)46-28-33-53-54-21-12-22-57(61(54)64-58(53)38-46)63(49-30-25-42(26-31-49)45-27-32-51-48(37-45)24-23-44-19-10-11-20-50(44)51)56-36-35-52(43-17-8-3-9-18-43)62-60(56)55-34-29-47(39-59(55)65-62)41-15-6-2-7-16-41/h1-39H. The maximum Gasteiger partial charge on any atom is 0.159 e. The fourth-order valence-corrected chi connectivity index (χ4v) is 9.88. The van der Waals surface area contributed by atoms with Crippen LogP contribution >= 0.6 is 0 Å². The zero-order valence-electron chi connectivity index (χ0n) is 35.3. The number of benzene rings is 11. The van der Waals surface area contributed by atoms with Crippen LogP contribution in [0, 0.1) is 0 Å². The van der Waals surface area contributed by atoms with Gasteiger partial charge in [0.15, 0.2) is 5.58 Å². The molecule has 0 N–H and O–H groups in total. The molecular formula is C62H39NO2. The molecule has 0 aliphatic rings. The maximum atomic E-state index is 7.04. The summed E-state index contributed by atoms with van der Waals surface area (Å²) in [6, 6.07) is 84.5. The molecule has 2 aromatic heterocycles. The van der Waals surface area contributed by atoms with Crippen molar-refractivity contribution >= 4 is 82.5 Å². The van der Waals surface area contributed by atoms with Crippen LogP contribution < -0.4 is 4.90 Å². The molecule has 304 valence electrons. The molecule has 2 heterocycles. The van der Waals surface area contributed by atoms with Crippen LogP contribution in [0.25, 0.3) is 110 Å². The highest BCUT2D eigenvalue weighted by Gasteiger charge is 2.25. The van der Waals surface area contributed by atoms with E-state index < -0.39 is 0 Å². The zero-order chi connectivity index (χ0) is 42.8. The number of nitrogens with zero attached hydrogens (tertiary/aromatic N) is 1. The number of para-hydroxylation sites is 1. The molecule has 0 saturated carbocycles. The van der Waals surface area contributed by atoms with E-state index >= 15 is 0 Å². The van der Waals surface area contributed by atoms with Crippen molar-refractivity contribution in [1.82, 2.24) is 0 Å². The van der Waals surface area contributed by atoms with Gasteiger partial charge in [0.25, 0.3) is 0 Å². The van der Waals surface area contributed by atoms with Crippen LogP contribution in [0.4, 0.5) is 17.1 Å². The van der Waals surface area contributed by atoms with Crippen LogP contribution in [-0.4, -0.2) is 0 Å². The Morgan fingerprint density at radius 1 is 0.277 bits per heavy atom. The Hall–Kier alpha value is -8.66. The summed E-state index contributed by atoms with van der Waals surface area (Å²) < 4.78 is 14.1. The number of fused-ring (bicyclic) bond motifs is 9. The molecule has 0 unspecified atom stereocenters. The van der Waals surface area contributed by atoms with Gasteiger partial charge in [0.1, 0.15) is 16.7 Å². The first kappa shape index (κ1) is 36.9. The fourth-order valence-electron chi connectivity index (χ4n) is 9.88. The highest BCUT2D eigenvalue weighted by molar-refractivity contribution is 6.19. The minimum absolute atomic E-state index is 0.818. The summed E-state index contributed by atoms with van der Waals surface area (Å²) in [5, 5.41) is 9.22. The van der Waals surface area contributed by atoms with Gasteiger partial charge in [-0.1, -0.05) is 176 Å². The summed E-state index contributed by atoms with van der Waals surface area (Å²) >= 11 is 0. The molecule has 0 radical (unpaired) electrons. The zero-order valence-corrected chi connectivity index (χ0v) is 35.3. The molecule has 0 atom stereocenters. The minimum atomic E-state index is 0.818. The third kappa shape index (κ3) is 6.20. The Kier molecular flexibility index (Phi) is 8.53. The van der Waals surface area contributed by atoms with Crippen LogP contribution in [0.5, 0.6) is 0 Å². The smallest absolute Gasteiger partial charge is 0.159 e. The van der Waals surface area contributed by atoms with E-state index in [1.54, 1.807) is 0 Å². The lowest BCUT2D eigenvalue weighted by atomic mass is 9.97. The fraction of sp³-hybridized carbons (Fsp3) is 0. The van der Waals surface area contributed by atoms with Gasteiger partial charge in [0.05, 0.1) is 16.8 Å². The molecule has 13 rings (SSSR count). The van der Waals surface area contributed by atoms with E-state index in [1.807, 2.05) is 0 Å². The SMILES string of the molecule is c1ccc(-c2ccc3c(c2)oc2c(N(c4ccc(-c5ccc6c(ccc7ccccc76)c5)cc4)c4ccc(-c5ccccc5)c5oc6cc(-c7ccccc7)ccc6c45)cccc23)cc1. The van der Waals surface area contributed by atoms with Crippen molar-refractivity contribution in [1.29, 1.82) is 0 Å². The molecule has 0 saturated heterocycles. The van der Waals surface area contributed by atoms with Gasteiger partial charge in [0.2, 0.25) is 0 Å². The van der Waals surface area contributed by atoms with Crippen molar-refractivity contribution in [2.45, 2.75) is 0 Å². The molecule has 0 amide bonds. The first-order valence-corrected chi connectivity index (χ1v) is 22.1. The van der Waals surface area contributed by atoms with Gasteiger partial charge < -0.3 is 13.7 Å². The Labute approximate surface area is 375 Å². The van der Waals surface area contributed by atoms with Gasteiger partial charge in [-0.3, -0.25) is 0 Å². The number of furan rings is 2. The predicted octanol–water partition coefficient (Wildman–Crippen LogP) is 17.9. The molecule has 3 heteroatoms. The number of anilines is 3. The molecule has 3 nitrogen and oxygen atoms in total. The largest absolute Gasteiger partial charge is 0.455 e. The summed E-state index contributed by atoms with van der Waals surface area (Å²) in [5.41, 5.74) is 15.2. The highest BCUT2D eigenvalue weighted by atomic mass is 16.3. The van der Waals surface area contributed by atoms with Crippen molar-refractivity contribution in [3.63, 3.8) is 0 Å². The number of hydrogen-bond acceptors (Lipinski definition) is 3. The molecule has 13 aromatic rings. The maximum absolute atomic E-state index is 7.04. The van der Waals surface area contributed by atoms with E-state index in [2.05, 4.69) is 241 Å². The van der Waals surface area contributed by atoms with Gasteiger partial charge in [-0.2, -0.15) is 0 Å². The van der Waals surface area contributed by atoms with Gasteiger partial charge in [-0.05, 0) is 121 Å². The summed E-state index contributed by atoms with van der Waals surface area (Å²) in [5.74, 6) is 0. The van der Waals surface area contributed by atoms with Gasteiger partial charge >= 0.3 is 0 Å². The summed E-state index contributed by atoms with van der Waals surface area (Å²) in [4.78, 5) is 2.36. The van der Waals surface area contributed by atoms with Crippen molar-refractivity contribution < 1.29 is 8.83 Å². The van der Waals surface area contributed by atoms with Crippen molar-refractivity contribution in [3.05, 3.63) is 237 Å². The quantitative estimate of drug-likeness (QED) is 0.150. The van der Waals surface area contributed by atoms with Crippen LogP contribution in [0.3, 0.4) is 0 Å². The third-order valence-electron chi connectivity index (χ3n) is 13.1. The average molecular weight is 830 g/mol. The molecule has 11 aromatic carbocycles. The van der Waals surface area contributed by atoms with Crippen LogP contribution in [-0.2, 0) is 0 Å². The Morgan fingerprint density at radius 2 is 0.800 bits per heavy atom. The molecular weight excluding hydrogens is 791 g/mol. The minimum Gasteiger partial charge on any atom is -0.455 e. The number of hydrogen-bond donors (Lipinski definition) is 0. The second-order valence-electron chi connectivity index (χ2n) is 16.8. The van der Waals surface area contributed by atoms with Gasteiger partial charge in [-0.15, -0.1) is 0 Å². The summed E-state index contributed by atoms with van der Waals surface area (Å²) in [6.07, 6.45) is 0. The van der Waals surface area contributed by atoms with E-state index in [9.17, 15) is 0 Å². The Bertz CT molecular complexity index is 3920. The van der Waals surface area contributed by atoms with Gasteiger partial charge in [-0.25, -0.2) is 0 Å². The Morgan fingerprint density at radius 3 is 1.52 bits per heavy atom. The highest BCUT2D eigenvalue weighted by Crippen LogP contribution is 2.49. The van der Waals surface area contributed by atoms with Crippen molar-refractivity contribution in [3.8, 4) is 44.5 Å². The average Bonchev–Trinajstić information content (AvgIpc) is 3.96. The lowest BCUT2D eigenvalue weighted by Crippen LogP contribution is -2.10. The predicted molar refractivity (Wildman–Crippen MR) is 272 cm³/mol. The second-order valence-corrected chi connectivity index (χ2v) is 16.8. The Balaban J connectivity index is 1.03. The second kappa shape index (κ2) is 15.0. The van der Waals surface area contributed by atoms with Gasteiger partial charge in [0, 0.05) is 27.4 Å². The molecule has 65 heavy (non-hydrogen) atoms. The molecule has 0 aliphatic heterocycles. The van der Waals surface area contributed by atoms with E-state index in [-0.39, 0.29) is 0 Å². The van der Waals surface area contributed by atoms with Crippen molar-refractivity contribution in [2.75, 3.05) is 4.90 Å². The molecule has 0 bridgehead atoms. The van der Waals surface area contributed by atoms with E-state index in [0.717, 1.165) is 99.9 Å². The monoisotopic (exact) mass is 829 g/mol. The van der Waals surface area contributed by atoms with Crippen LogP contribution in [0.15, 0.2) is 245 Å². The molecule has 0 spiro atoms.